The second-order valence-electron chi connectivity index (χ2n) is 4.77. The van der Waals surface area contributed by atoms with E-state index in [1.807, 2.05) is 17.3 Å². The minimum atomic E-state index is -0.0338. The number of carbonyl (C=O) groups is 1. The predicted octanol–water partition coefficient (Wildman–Crippen LogP) is 1.88. The van der Waals surface area contributed by atoms with Crippen molar-refractivity contribution in [2.75, 3.05) is 31.1 Å². The molecule has 1 amide bonds. The summed E-state index contributed by atoms with van der Waals surface area (Å²) in [4.78, 5) is 20.6. The van der Waals surface area contributed by atoms with E-state index in [0.717, 1.165) is 25.6 Å². The molecule has 1 aliphatic rings. The predicted molar refractivity (Wildman–Crippen MR) is 82.0 cm³/mol. The van der Waals surface area contributed by atoms with Crippen molar-refractivity contribution in [1.82, 2.24) is 14.5 Å². The average Bonchev–Trinajstić information content (AvgIpc) is 3.17. The molecule has 3 rings (SSSR count). The molecule has 0 radical (unpaired) electrons. The standard InChI is InChI=1S/C14H18N4O2.ClH/c1-2-16-6-5-15-14(16)18-9-7-17(8-10-18)13(19)12-4-3-11-20-12;/h3-6,11H,2,7-10H2,1H3;1H. The Hall–Kier alpha value is -1.95. The normalized spacial score (nSPS) is 14.9. The van der Waals surface area contributed by atoms with Crippen LogP contribution in [0.5, 0.6) is 0 Å². The minimum Gasteiger partial charge on any atom is -0.459 e. The van der Waals surface area contributed by atoms with Gasteiger partial charge in [0.2, 0.25) is 5.95 Å². The number of rotatable bonds is 3. The molecule has 0 aromatic carbocycles. The Morgan fingerprint density at radius 2 is 2.10 bits per heavy atom. The minimum absolute atomic E-state index is 0. The lowest BCUT2D eigenvalue weighted by Gasteiger charge is -2.35. The van der Waals surface area contributed by atoms with Crippen LogP contribution in [0, 0.1) is 0 Å². The van der Waals surface area contributed by atoms with Gasteiger partial charge in [0.1, 0.15) is 0 Å². The number of piperazine rings is 1. The summed E-state index contributed by atoms with van der Waals surface area (Å²) in [7, 11) is 0. The molecule has 7 heteroatoms. The molecule has 0 N–H and O–H groups in total. The van der Waals surface area contributed by atoms with E-state index in [0.29, 0.717) is 18.8 Å². The summed E-state index contributed by atoms with van der Waals surface area (Å²) in [5, 5.41) is 0. The van der Waals surface area contributed by atoms with Crippen LogP contribution < -0.4 is 4.90 Å². The molecule has 0 atom stereocenters. The van der Waals surface area contributed by atoms with E-state index in [-0.39, 0.29) is 18.3 Å². The van der Waals surface area contributed by atoms with E-state index in [2.05, 4.69) is 21.4 Å². The van der Waals surface area contributed by atoms with Gasteiger partial charge in [-0.05, 0) is 19.1 Å². The number of aryl methyl sites for hydroxylation is 1. The molecule has 2 aromatic rings. The number of halogens is 1. The molecule has 2 aromatic heterocycles. The van der Waals surface area contributed by atoms with Crippen molar-refractivity contribution < 1.29 is 9.21 Å². The van der Waals surface area contributed by atoms with Crippen molar-refractivity contribution in [2.45, 2.75) is 13.5 Å². The first-order valence-electron chi connectivity index (χ1n) is 6.88. The van der Waals surface area contributed by atoms with Crippen LogP contribution in [0.4, 0.5) is 5.95 Å². The molecule has 1 saturated heterocycles. The zero-order chi connectivity index (χ0) is 13.9. The van der Waals surface area contributed by atoms with E-state index in [1.165, 1.54) is 6.26 Å². The van der Waals surface area contributed by atoms with Crippen LogP contribution in [-0.4, -0.2) is 46.5 Å². The first-order chi connectivity index (χ1) is 9.79. The SMILES string of the molecule is CCn1ccnc1N1CCN(C(=O)c2ccco2)CC1.Cl. The van der Waals surface area contributed by atoms with Gasteiger partial charge in [0.15, 0.2) is 5.76 Å². The number of aromatic nitrogens is 2. The summed E-state index contributed by atoms with van der Waals surface area (Å²) in [5.41, 5.74) is 0. The summed E-state index contributed by atoms with van der Waals surface area (Å²) in [6, 6.07) is 3.44. The summed E-state index contributed by atoms with van der Waals surface area (Å²) >= 11 is 0. The number of furan rings is 1. The zero-order valence-corrected chi connectivity index (χ0v) is 12.8. The Bertz CT molecular complexity index is 574. The van der Waals surface area contributed by atoms with Crippen molar-refractivity contribution in [2.24, 2.45) is 0 Å². The van der Waals surface area contributed by atoms with E-state index in [9.17, 15) is 4.79 Å². The lowest BCUT2D eigenvalue weighted by Crippen LogP contribution is -2.49. The summed E-state index contributed by atoms with van der Waals surface area (Å²) in [6.45, 7) is 5.97. The molecule has 6 nitrogen and oxygen atoms in total. The van der Waals surface area contributed by atoms with Crippen LogP contribution in [0.2, 0.25) is 0 Å². The van der Waals surface area contributed by atoms with E-state index in [4.69, 9.17) is 4.42 Å². The van der Waals surface area contributed by atoms with Gasteiger partial charge in [0.25, 0.3) is 5.91 Å². The first-order valence-corrected chi connectivity index (χ1v) is 6.88. The third-order valence-corrected chi connectivity index (χ3v) is 3.62. The molecular weight excluding hydrogens is 292 g/mol. The third kappa shape index (κ3) is 3.05. The topological polar surface area (TPSA) is 54.5 Å². The van der Waals surface area contributed by atoms with Crippen LogP contribution in [0.3, 0.4) is 0 Å². The van der Waals surface area contributed by atoms with E-state index in [1.54, 1.807) is 12.1 Å². The van der Waals surface area contributed by atoms with Crippen LogP contribution in [0.1, 0.15) is 17.5 Å². The fourth-order valence-electron chi connectivity index (χ4n) is 2.50. The Morgan fingerprint density at radius 1 is 1.33 bits per heavy atom. The quantitative estimate of drug-likeness (QED) is 0.868. The molecule has 0 aliphatic carbocycles. The van der Waals surface area contributed by atoms with Gasteiger partial charge in [-0.3, -0.25) is 4.79 Å². The number of hydrogen-bond donors (Lipinski definition) is 0. The smallest absolute Gasteiger partial charge is 0.289 e. The van der Waals surface area contributed by atoms with E-state index >= 15 is 0 Å². The number of carbonyl (C=O) groups excluding carboxylic acids is 1. The van der Waals surface area contributed by atoms with Gasteiger partial charge < -0.3 is 18.8 Å². The van der Waals surface area contributed by atoms with Crippen molar-refractivity contribution in [3.63, 3.8) is 0 Å². The maximum absolute atomic E-state index is 12.2. The monoisotopic (exact) mass is 310 g/mol. The molecule has 0 saturated carbocycles. The van der Waals surface area contributed by atoms with Gasteiger partial charge in [0.05, 0.1) is 6.26 Å². The highest BCUT2D eigenvalue weighted by Crippen LogP contribution is 2.15. The Balaban J connectivity index is 0.00000161. The highest BCUT2D eigenvalue weighted by Gasteiger charge is 2.25. The van der Waals surface area contributed by atoms with Crippen LogP contribution in [-0.2, 0) is 6.54 Å². The third-order valence-electron chi connectivity index (χ3n) is 3.62. The lowest BCUT2D eigenvalue weighted by atomic mass is 10.3. The van der Waals surface area contributed by atoms with Crippen LogP contribution in [0.15, 0.2) is 35.2 Å². The summed E-state index contributed by atoms with van der Waals surface area (Å²) in [6.07, 6.45) is 5.33. The Labute approximate surface area is 129 Å². The van der Waals surface area contributed by atoms with Gasteiger partial charge in [-0.25, -0.2) is 4.98 Å². The van der Waals surface area contributed by atoms with E-state index < -0.39 is 0 Å². The lowest BCUT2D eigenvalue weighted by molar-refractivity contribution is 0.0714. The molecule has 3 heterocycles. The fourth-order valence-corrected chi connectivity index (χ4v) is 2.50. The second-order valence-corrected chi connectivity index (χ2v) is 4.77. The second kappa shape index (κ2) is 6.67. The van der Waals surface area contributed by atoms with Gasteiger partial charge in [-0.2, -0.15) is 0 Å². The number of hydrogen-bond acceptors (Lipinski definition) is 4. The van der Waals surface area contributed by atoms with Crippen LogP contribution in [0.25, 0.3) is 0 Å². The average molecular weight is 311 g/mol. The summed E-state index contributed by atoms with van der Waals surface area (Å²) < 4.78 is 7.28. The molecule has 0 bridgehead atoms. The molecule has 0 unspecified atom stereocenters. The van der Waals surface area contributed by atoms with Crippen molar-refractivity contribution in [1.29, 1.82) is 0 Å². The maximum Gasteiger partial charge on any atom is 0.289 e. The molecule has 1 fully saturated rings. The fraction of sp³-hybridized carbons (Fsp3) is 0.429. The number of nitrogens with zero attached hydrogens (tertiary/aromatic N) is 4. The molecular formula is C14H19ClN4O2. The van der Waals surface area contributed by atoms with Crippen molar-refractivity contribution in [3.8, 4) is 0 Å². The molecule has 0 spiro atoms. The largest absolute Gasteiger partial charge is 0.459 e. The van der Waals surface area contributed by atoms with Crippen LogP contribution >= 0.6 is 12.4 Å². The zero-order valence-electron chi connectivity index (χ0n) is 11.9. The highest BCUT2D eigenvalue weighted by molar-refractivity contribution is 5.91. The number of anilines is 1. The molecule has 1 aliphatic heterocycles. The Kier molecular flexibility index (Phi) is 4.90. The Morgan fingerprint density at radius 3 is 2.71 bits per heavy atom. The van der Waals surface area contributed by atoms with Gasteiger partial charge in [-0.15, -0.1) is 12.4 Å². The van der Waals surface area contributed by atoms with Gasteiger partial charge in [-0.1, -0.05) is 0 Å². The molecule has 114 valence electrons. The van der Waals surface area contributed by atoms with Gasteiger partial charge in [0, 0.05) is 45.1 Å². The van der Waals surface area contributed by atoms with Crippen molar-refractivity contribution >= 4 is 24.3 Å². The molecule has 21 heavy (non-hydrogen) atoms. The number of amides is 1. The van der Waals surface area contributed by atoms with Crippen molar-refractivity contribution in [3.05, 3.63) is 36.5 Å². The number of imidazole rings is 1. The highest BCUT2D eigenvalue weighted by atomic mass is 35.5. The van der Waals surface area contributed by atoms with Gasteiger partial charge >= 0.3 is 0 Å². The maximum atomic E-state index is 12.2. The first kappa shape index (κ1) is 15.4. The summed E-state index contributed by atoms with van der Waals surface area (Å²) in [5.74, 6) is 1.36.